The van der Waals surface area contributed by atoms with Crippen LogP contribution in [0.1, 0.15) is 24.1 Å². The first-order chi connectivity index (χ1) is 14.7. The molecule has 0 spiro atoms. The van der Waals surface area contributed by atoms with Crippen molar-refractivity contribution in [2.45, 2.75) is 38.6 Å². The van der Waals surface area contributed by atoms with Crippen molar-refractivity contribution >= 4 is 5.91 Å². The molecule has 1 amide bonds. The van der Waals surface area contributed by atoms with Crippen molar-refractivity contribution < 1.29 is 19.0 Å². The van der Waals surface area contributed by atoms with E-state index in [9.17, 15) is 4.79 Å². The maximum atomic E-state index is 12.9. The van der Waals surface area contributed by atoms with Crippen LogP contribution in [0.2, 0.25) is 0 Å². The molecule has 1 aromatic carbocycles. The largest absolute Gasteiger partial charge is 0.454 e. The summed E-state index contributed by atoms with van der Waals surface area (Å²) >= 11 is 0. The van der Waals surface area contributed by atoms with Crippen molar-refractivity contribution in [3.8, 4) is 11.5 Å². The number of piperidine rings is 3. The summed E-state index contributed by atoms with van der Waals surface area (Å²) in [4.78, 5) is 15.3. The van der Waals surface area contributed by atoms with Gasteiger partial charge < -0.3 is 19.5 Å². The molecule has 2 aromatic rings. The average Bonchev–Trinajstić information content (AvgIpc) is 3.41. The van der Waals surface area contributed by atoms with E-state index >= 15 is 0 Å². The first-order valence-corrected chi connectivity index (χ1v) is 10.5. The minimum absolute atomic E-state index is 0.0452. The van der Waals surface area contributed by atoms with Crippen molar-refractivity contribution in [1.29, 1.82) is 0 Å². The van der Waals surface area contributed by atoms with Crippen LogP contribution in [0.4, 0.5) is 0 Å². The number of rotatable bonds is 7. The SMILES string of the molecule is COCc1cn(CC2CC3CCN2CC3C(=O)NCc2ccc3c(c2)OCO3)nn1. The number of hydrogen-bond donors (Lipinski definition) is 1. The molecule has 4 unspecified atom stereocenters. The predicted molar refractivity (Wildman–Crippen MR) is 107 cm³/mol. The molecule has 0 aliphatic carbocycles. The standard InChI is InChI=1S/C21H27N5O4/c1-28-12-16-9-26(24-23-16)10-17-7-15-4-5-25(17)11-18(15)21(27)22-8-14-2-3-19-20(6-14)30-13-29-19/h2-3,6,9,15,17-18H,4-5,7-8,10-13H2,1H3,(H,22,27). The lowest BCUT2D eigenvalue weighted by molar-refractivity contribution is -0.133. The highest BCUT2D eigenvalue weighted by molar-refractivity contribution is 5.79. The molecule has 3 saturated heterocycles. The molecule has 2 bridgehead atoms. The second-order valence-corrected chi connectivity index (χ2v) is 8.31. The molecule has 4 aliphatic rings. The number of nitrogens with one attached hydrogen (secondary N) is 1. The van der Waals surface area contributed by atoms with Crippen LogP contribution in [0.15, 0.2) is 24.4 Å². The molecule has 3 fully saturated rings. The van der Waals surface area contributed by atoms with Crippen LogP contribution in [0.3, 0.4) is 0 Å². The molecular formula is C21H27N5O4. The lowest BCUT2D eigenvalue weighted by Crippen LogP contribution is -2.58. The highest BCUT2D eigenvalue weighted by Gasteiger charge is 2.43. The number of carbonyl (C=O) groups is 1. The Morgan fingerprint density at radius 3 is 3.07 bits per heavy atom. The summed E-state index contributed by atoms with van der Waals surface area (Å²) in [6.07, 6.45) is 4.04. The second kappa shape index (κ2) is 8.23. The van der Waals surface area contributed by atoms with Crippen molar-refractivity contribution in [1.82, 2.24) is 25.2 Å². The topological polar surface area (TPSA) is 90.7 Å². The van der Waals surface area contributed by atoms with Gasteiger partial charge in [0, 0.05) is 26.2 Å². The van der Waals surface area contributed by atoms with Crippen molar-refractivity contribution in [2.24, 2.45) is 11.8 Å². The van der Waals surface area contributed by atoms with E-state index in [1.807, 2.05) is 29.1 Å². The minimum atomic E-state index is 0.0452. The zero-order chi connectivity index (χ0) is 20.5. The Labute approximate surface area is 175 Å². The number of fused-ring (bicyclic) bond motifs is 4. The third-order valence-electron chi connectivity index (χ3n) is 6.40. The Bertz CT molecular complexity index is 917. The Kier molecular flexibility index (Phi) is 5.30. The van der Waals surface area contributed by atoms with Crippen LogP contribution >= 0.6 is 0 Å². The Morgan fingerprint density at radius 1 is 1.33 bits per heavy atom. The summed E-state index contributed by atoms with van der Waals surface area (Å²) in [5.74, 6) is 2.11. The normalized spacial score (nSPS) is 26.7. The van der Waals surface area contributed by atoms with Crippen LogP contribution in [0.25, 0.3) is 0 Å². The zero-order valence-corrected chi connectivity index (χ0v) is 17.1. The minimum Gasteiger partial charge on any atom is -0.454 e. The van der Waals surface area contributed by atoms with Crippen LogP contribution in [-0.2, 0) is 29.2 Å². The van der Waals surface area contributed by atoms with E-state index < -0.39 is 0 Å². The van der Waals surface area contributed by atoms with Crippen LogP contribution in [0, 0.1) is 11.8 Å². The fourth-order valence-electron chi connectivity index (χ4n) is 4.85. The molecule has 30 heavy (non-hydrogen) atoms. The Hall–Kier alpha value is -2.65. The van der Waals surface area contributed by atoms with Gasteiger partial charge in [0.25, 0.3) is 0 Å². The molecule has 9 heteroatoms. The maximum Gasteiger partial charge on any atom is 0.231 e. The van der Waals surface area contributed by atoms with E-state index in [1.165, 1.54) is 0 Å². The Morgan fingerprint density at radius 2 is 2.23 bits per heavy atom. The van der Waals surface area contributed by atoms with E-state index in [2.05, 4.69) is 20.5 Å². The van der Waals surface area contributed by atoms with Gasteiger partial charge in [0.15, 0.2) is 11.5 Å². The van der Waals surface area contributed by atoms with Gasteiger partial charge in [-0.05, 0) is 43.0 Å². The first-order valence-electron chi connectivity index (χ1n) is 10.5. The summed E-state index contributed by atoms with van der Waals surface area (Å²) in [6.45, 7) is 3.89. The Balaban J connectivity index is 1.16. The second-order valence-electron chi connectivity index (χ2n) is 8.31. The summed E-state index contributed by atoms with van der Waals surface area (Å²) < 4.78 is 17.8. The molecule has 1 aromatic heterocycles. The van der Waals surface area contributed by atoms with Crippen molar-refractivity contribution in [3.63, 3.8) is 0 Å². The van der Waals surface area contributed by atoms with Gasteiger partial charge in [-0.15, -0.1) is 5.10 Å². The molecule has 160 valence electrons. The van der Waals surface area contributed by atoms with Gasteiger partial charge in [0.2, 0.25) is 12.7 Å². The number of ether oxygens (including phenoxy) is 3. The summed E-state index contributed by atoms with van der Waals surface area (Å²) in [7, 11) is 1.66. The summed E-state index contributed by atoms with van der Waals surface area (Å²) in [5, 5.41) is 11.5. The van der Waals surface area contributed by atoms with Crippen LogP contribution < -0.4 is 14.8 Å². The number of carbonyl (C=O) groups excluding carboxylic acids is 1. The molecule has 5 heterocycles. The summed E-state index contributed by atoms with van der Waals surface area (Å²) in [6, 6.07) is 6.20. The number of methoxy groups -OCH3 is 1. The molecule has 4 aliphatic heterocycles. The molecule has 9 nitrogen and oxygen atoms in total. The number of aromatic nitrogens is 3. The van der Waals surface area contributed by atoms with Gasteiger partial charge in [-0.1, -0.05) is 11.3 Å². The van der Waals surface area contributed by atoms with E-state index in [1.54, 1.807) is 7.11 Å². The van der Waals surface area contributed by atoms with E-state index in [0.717, 1.165) is 55.2 Å². The van der Waals surface area contributed by atoms with Crippen molar-refractivity contribution in [3.05, 3.63) is 35.7 Å². The lowest BCUT2D eigenvalue weighted by atomic mass is 9.75. The third-order valence-corrected chi connectivity index (χ3v) is 6.40. The van der Waals surface area contributed by atoms with Gasteiger partial charge in [-0.25, -0.2) is 0 Å². The summed E-state index contributed by atoms with van der Waals surface area (Å²) in [5.41, 5.74) is 1.86. The third kappa shape index (κ3) is 3.87. The number of amides is 1. The lowest BCUT2D eigenvalue weighted by Gasteiger charge is -2.49. The molecule has 1 N–H and O–H groups in total. The molecule has 4 atom stereocenters. The molecule has 6 rings (SSSR count). The highest BCUT2D eigenvalue weighted by Crippen LogP contribution is 2.37. The zero-order valence-electron chi connectivity index (χ0n) is 17.1. The molecule has 0 saturated carbocycles. The number of hydrogen-bond acceptors (Lipinski definition) is 7. The average molecular weight is 413 g/mol. The monoisotopic (exact) mass is 413 g/mol. The number of benzene rings is 1. The van der Waals surface area contributed by atoms with E-state index in [0.29, 0.717) is 25.1 Å². The van der Waals surface area contributed by atoms with E-state index in [4.69, 9.17) is 14.2 Å². The smallest absolute Gasteiger partial charge is 0.231 e. The van der Waals surface area contributed by atoms with Gasteiger partial charge in [-0.3, -0.25) is 14.4 Å². The van der Waals surface area contributed by atoms with E-state index in [-0.39, 0.29) is 18.6 Å². The van der Waals surface area contributed by atoms with Crippen LogP contribution in [-0.4, -0.2) is 58.8 Å². The quantitative estimate of drug-likeness (QED) is 0.729. The molecular weight excluding hydrogens is 386 g/mol. The number of nitrogens with zero attached hydrogens (tertiary/aromatic N) is 4. The fraction of sp³-hybridized carbons (Fsp3) is 0.571. The fourth-order valence-corrected chi connectivity index (χ4v) is 4.85. The van der Waals surface area contributed by atoms with Gasteiger partial charge in [0.1, 0.15) is 5.69 Å². The maximum absolute atomic E-state index is 12.9. The first kappa shape index (κ1) is 19.3. The highest BCUT2D eigenvalue weighted by atomic mass is 16.7. The van der Waals surface area contributed by atoms with Gasteiger partial charge in [-0.2, -0.15) is 0 Å². The van der Waals surface area contributed by atoms with Gasteiger partial charge in [0.05, 0.1) is 25.3 Å². The van der Waals surface area contributed by atoms with Gasteiger partial charge >= 0.3 is 0 Å². The predicted octanol–water partition coefficient (Wildman–Crippen LogP) is 1.18. The van der Waals surface area contributed by atoms with Crippen molar-refractivity contribution in [2.75, 3.05) is 27.0 Å². The van der Waals surface area contributed by atoms with Crippen LogP contribution in [0.5, 0.6) is 11.5 Å². The molecule has 0 radical (unpaired) electrons.